The van der Waals surface area contributed by atoms with Gasteiger partial charge >= 0.3 is 11.9 Å². The molecule has 2 heterocycles. The van der Waals surface area contributed by atoms with Crippen LogP contribution in [0.5, 0.6) is 0 Å². The van der Waals surface area contributed by atoms with E-state index in [0.717, 1.165) is 0 Å². The van der Waals surface area contributed by atoms with Crippen molar-refractivity contribution in [2.24, 2.45) is 0 Å². The number of nitrogens with one attached hydrogen (secondary N) is 1. The number of fused-ring (bicyclic) bond motifs is 2. The molecule has 0 aliphatic carbocycles. The zero-order valence-corrected chi connectivity index (χ0v) is 12.2. The van der Waals surface area contributed by atoms with Gasteiger partial charge in [-0.15, -0.1) is 0 Å². The van der Waals surface area contributed by atoms with Crippen LogP contribution in [-0.4, -0.2) is 22.2 Å². The zero-order valence-electron chi connectivity index (χ0n) is 11.4. The van der Waals surface area contributed by atoms with Gasteiger partial charge in [-0.05, 0) is 36.0 Å². The lowest BCUT2D eigenvalue weighted by Gasteiger charge is -2.11. The van der Waals surface area contributed by atoms with Gasteiger partial charge in [0.1, 0.15) is 0 Å². The SMILES string of the molecule is O=C1OC(=O)c2c(Nc3cccc4c3C(=O)SC4=O)cccc21. The molecule has 6 nitrogen and oxygen atoms in total. The van der Waals surface area contributed by atoms with E-state index in [1.165, 1.54) is 6.07 Å². The molecule has 0 atom stereocenters. The van der Waals surface area contributed by atoms with Crippen molar-refractivity contribution >= 4 is 45.3 Å². The van der Waals surface area contributed by atoms with Crippen LogP contribution in [0.15, 0.2) is 36.4 Å². The van der Waals surface area contributed by atoms with Gasteiger partial charge in [0.15, 0.2) is 0 Å². The number of benzene rings is 2. The molecule has 0 spiro atoms. The van der Waals surface area contributed by atoms with Gasteiger partial charge < -0.3 is 10.1 Å². The van der Waals surface area contributed by atoms with Gasteiger partial charge in [-0.1, -0.05) is 12.1 Å². The molecule has 1 N–H and O–H groups in total. The number of carbonyl (C=O) groups excluding carboxylic acids is 4. The summed E-state index contributed by atoms with van der Waals surface area (Å²) in [5.74, 6) is -1.44. The van der Waals surface area contributed by atoms with Crippen LogP contribution in [-0.2, 0) is 4.74 Å². The van der Waals surface area contributed by atoms with E-state index in [4.69, 9.17) is 0 Å². The topological polar surface area (TPSA) is 89.5 Å². The Balaban J connectivity index is 1.83. The second-order valence-corrected chi connectivity index (χ2v) is 5.88. The highest BCUT2D eigenvalue weighted by Gasteiger charge is 2.34. The summed E-state index contributed by atoms with van der Waals surface area (Å²) in [6.45, 7) is 0. The number of rotatable bonds is 2. The number of ether oxygens (including phenoxy) is 1. The number of esters is 2. The van der Waals surface area contributed by atoms with Crippen LogP contribution < -0.4 is 5.32 Å². The van der Waals surface area contributed by atoms with E-state index in [-0.39, 0.29) is 26.9 Å². The molecule has 2 aliphatic rings. The van der Waals surface area contributed by atoms with Crippen LogP contribution in [0.4, 0.5) is 11.4 Å². The maximum atomic E-state index is 12.0. The first kappa shape index (κ1) is 13.7. The number of carbonyl (C=O) groups is 4. The molecule has 23 heavy (non-hydrogen) atoms. The lowest BCUT2D eigenvalue weighted by atomic mass is 10.0. The Morgan fingerprint density at radius 2 is 1.39 bits per heavy atom. The predicted octanol–water partition coefficient (Wildman–Crippen LogP) is 2.77. The van der Waals surface area contributed by atoms with Crippen molar-refractivity contribution in [2.45, 2.75) is 0 Å². The summed E-state index contributed by atoms with van der Waals surface area (Å²) >= 11 is 0.637. The van der Waals surface area contributed by atoms with E-state index in [9.17, 15) is 19.2 Å². The molecule has 0 amide bonds. The van der Waals surface area contributed by atoms with E-state index in [2.05, 4.69) is 10.1 Å². The van der Waals surface area contributed by atoms with Crippen LogP contribution >= 0.6 is 11.8 Å². The minimum Gasteiger partial charge on any atom is -0.386 e. The molecule has 2 aromatic rings. The minimum absolute atomic E-state index is 0.125. The molecule has 0 unspecified atom stereocenters. The Labute approximate surface area is 133 Å². The second kappa shape index (κ2) is 4.79. The Kier molecular flexibility index (Phi) is 2.85. The molecule has 7 heteroatoms. The molecule has 0 saturated carbocycles. The molecule has 0 fully saturated rings. The number of hydrogen-bond acceptors (Lipinski definition) is 7. The quantitative estimate of drug-likeness (QED) is 0.670. The summed E-state index contributed by atoms with van der Waals surface area (Å²) in [4.78, 5) is 47.2. The number of thioether (sulfide) groups is 1. The Hall–Kier alpha value is -2.93. The summed E-state index contributed by atoms with van der Waals surface area (Å²) in [7, 11) is 0. The zero-order chi connectivity index (χ0) is 16.1. The predicted molar refractivity (Wildman–Crippen MR) is 82.2 cm³/mol. The highest BCUT2D eigenvalue weighted by molar-refractivity contribution is 8.27. The summed E-state index contributed by atoms with van der Waals surface area (Å²) in [6.07, 6.45) is 0. The maximum Gasteiger partial charge on any atom is 0.349 e. The van der Waals surface area contributed by atoms with Crippen LogP contribution in [0.1, 0.15) is 41.4 Å². The van der Waals surface area contributed by atoms with Crippen molar-refractivity contribution < 1.29 is 23.9 Å². The first-order chi connectivity index (χ1) is 11.1. The first-order valence-corrected chi connectivity index (χ1v) is 7.44. The summed E-state index contributed by atoms with van der Waals surface area (Å²) < 4.78 is 4.60. The van der Waals surface area contributed by atoms with Crippen LogP contribution in [0.3, 0.4) is 0 Å². The lowest BCUT2D eigenvalue weighted by molar-refractivity contribution is 0.0444. The molecule has 2 aromatic carbocycles. The molecule has 112 valence electrons. The van der Waals surface area contributed by atoms with E-state index in [1.807, 2.05) is 0 Å². The van der Waals surface area contributed by atoms with Gasteiger partial charge in [-0.25, -0.2) is 9.59 Å². The van der Waals surface area contributed by atoms with Crippen LogP contribution in [0.2, 0.25) is 0 Å². The van der Waals surface area contributed by atoms with Gasteiger partial charge in [-0.2, -0.15) is 0 Å². The van der Waals surface area contributed by atoms with Crippen molar-refractivity contribution in [2.75, 3.05) is 5.32 Å². The fraction of sp³-hybridized carbons (Fsp3) is 0. The number of hydrogen-bond donors (Lipinski definition) is 1. The van der Waals surface area contributed by atoms with Gasteiger partial charge in [0.25, 0.3) is 0 Å². The Morgan fingerprint density at radius 3 is 2.13 bits per heavy atom. The molecule has 2 aliphatic heterocycles. The van der Waals surface area contributed by atoms with Crippen molar-refractivity contribution in [3.05, 3.63) is 58.7 Å². The van der Waals surface area contributed by atoms with Gasteiger partial charge in [0, 0.05) is 5.56 Å². The molecule has 0 saturated heterocycles. The summed E-state index contributed by atoms with van der Waals surface area (Å²) in [5.41, 5.74) is 1.66. The van der Waals surface area contributed by atoms with E-state index in [0.29, 0.717) is 28.7 Å². The monoisotopic (exact) mass is 325 g/mol. The van der Waals surface area contributed by atoms with Crippen molar-refractivity contribution in [3.8, 4) is 0 Å². The normalized spacial score (nSPS) is 15.5. The highest BCUT2D eigenvalue weighted by atomic mass is 32.2. The van der Waals surface area contributed by atoms with E-state index < -0.39 is 11.9 Å². The smallest absolute Gasteiger partial charge is 0.349 e. The third kappa shape index (κ3) is 1.97. The Morgan fingerprint density at radius 1 is 0.739 bits per heavy atom. The van der Waals surface area contributed by atoms with Crippen molar-refractivity contribution in [1.82, 2.24) is 0 Å². The molecular formula is C16H7NO5S. The highest BCUT2D eigenvalue weighted by Crippen LogP contribution is 2.37. The van der Waals surface area contributed by atoms with E-state index >= 15 is 0 Å². The van der Waals surface area contributed by atoms with Crippen molar-refractivity contribution in [1.29, 1.82) is 0 Å². The average Bonchev–Trinajstić information content (AvgIpc) is 2.98. The molecule has 0 radical (unpaired) electrons. The van der Waals surface area contributed by atoms with Gasteiger partial charge in [0.05, 0.1) is 28.1 Å². The molecule has 4 rings (SSSR count). The second-order valence-electron chi connectivity index (χ2n) is 4.94. The molecular weight excluding hydrogens is 318 g/mol. The van der Waals surface area contributed by atoms with Crippen LogP contribution in [0.25, 0.3) is 0 Å². The third-order valence-electron chi connectivity index (χ3n) is 3.62. The summed E-state index contributed by atoms with van der Waals surface area (Å²) in [6, 6.07) is 9.56. The average molecular weight is 325 g/mol. The minimum atomic E-state index is -0.738. The number of anilines is 2. The maximum absolute atomic E-state index is 12.0. The standard InChI is InChI=1S/C16H7NO5S/c18-13-7-3-1-5-9(11(7)14(19)22-13)17-10-6-2-4-8-12(10)16(21)23-15(8)20/h1-6,17H. The van der Waals surface area contributed by atoms with Gasteiger partial charge in [-0.3, -0.25) is 9.59 Å². The number of cyclic esters (lactones) is 2. The van der Waals surface area contributed by atoms with Crippen molar-refractivity contribution in [3.63, 3.8) is 0 Å². The Bertz CT molecular complexity index is 859. The fourth-order valence-corrected chi connectivity index (χ4v) is 3.39. The first-order valence-electron chi connectivity index (χ1n) is 6.62. The lowest BCUT2D eigenvalue weighted by Crippen LogP contribution is -2.04. The largest absolute Gasteiger partial charge is 0.386 e. The molecule has 0 bridgehead atoms. The van der Waals surface area contributed by atoms with E-state index in [1.54, 1.807) is 30.3 Å². The fourth-order valence-electron chi connectivity index (χ4n) is 2.62. The molecule has 0 aromatic heterocycles. The summed E-state index contributed by atoms with van der Waals surface area (Å²) in [5, 5.41) is 2.32. The third-order valence-corrected chi connectivity index (χ3v) is 4.41. The van der Waals surface area contributed by atoms with Gasteiger partial charge in [0.2, 0.25) is 10.2 Å². The van der Waals surface area contributed by atoms with Crippen LogP contribution in [0, 0.1) is 0 Å².